The fourth-order valence-corrected chi connectivity index (χ4v) is 4.22. The Kier molecular flexibility index (Phi) is 8.89. The van der Waals surface area contributed by atoms with Crippen molar-refractivity contribution >= 4 is 0 Å². The topological polar surface area (TPSA) is 15.3 Å². The first-order chi connectivity index (χ1) is 10.1. The lowest BCUT2D eigenvalue weighted by atomic mass is 9.79. The number of unbranched alkanes of at least 4 members (excludes halogenated alkanes) is 1. The summed E-state index contributed by atoms with van der Waals surface area (Å²) in [6.45, 7) is 8.16. The first-order valence-electron chi connectivity index (χ1n) is 9.51. The molecule has 0 amide bonds. The Bertz CT molecular complexity index is 256. The van der Waals surface area contributed by atoms with Crippen molar-refractivity contribution in [1.82, 2.24) is 10.2 Å². The van der Waals surface area contributed by atoms with E-state index in [0.29, 0.717) is 11.6 Å². The van der Waals surface area contributed by atoms with E-state index in [-0.39, 0.29) is 0 Å². The molecular weight excluding hydrogens is 256 g/mol. The van der Waals surface area contributed by atoms with Crippen LogP contribution in [0.3, 0.4) is 0 Å². The van der Waals surface area contributed by atoms with Gasteiger partial charge in [-0.1, -0.05) is 59.3 Å². The Morgan fingerprint density at radius 3 is 2.19 bits per heavy atom. The molecule has 0 saturated heterocycles. The molecule has 2 nitrogen and oxygen atoms in total. The molecule has 1 rings (SSSR count). The van der Waals surface area contributed by atoms with Gasteiger partial charge in [0.2, 0.25) is 0 Å². The van der Waals surface area contributed by atoms with Crippen molar-refractivity contribution in [1.29, 1.82) is 0 Å². The number of hydrogen-bond acceptors (Lipinski definition) is 2. The zero-order chi connectivity index (χ0) is 15.7. The van der Waals surface area contributed by atoms with E-state index in [9.17, 15) is 0 Å². The predicted molar refractivity (Wildman–Crippen MR) is 94.9 cm³/mol. The van der Waals surface area contributed by atoms with Crippen molar-refractivity contribution in [2.75, 3.05) is 20.6 Å². The molecule has 21 heavy (non-hydrogen) atoms. The largest absolute Gasteiger partial charge is 0.312 e. The highest BCUT2D eigenvalue weighted by Gasteiger charge is 2.43. The van der Waals surface area contributed by atoms with E-state index < -0.39 is 0 Å². The fraction of sp³-hybridized carbons (Fsp3) is 1.00. The number of hydrogen-bond donors (Lipinski definition) is 1. The summed E-state index contributed by atoms with van der Waals surface area (Å²) in [6.07, 6.45) is 13.7. The summed E-state index contributed by atoms with van der Waals surface area (Å²) in [5.41, 5.74) is 0.412. The lowest BCUT2D eigenvalue weighted by Crippen LogP contribution is -2.58. The average Bonchev–Trinajstić information content (AvgIpc) is 2.97. The molecule has 0 aromatic heterocycles. The van der Waals surface area contributed by atoms with Gasteiger partial charge in [-0.25, -0.2) is 0 Å². The van der Waals surface area contributed by atoms with E-state index in [1.54, 1.807) is 0 Å². The number of nitrogens with one attached hydrogen (secondary N) is 1. The predicted octanol–water partition coefficient (Wildman–Crippen LogP) is 4.84. The summed E-state index contributed by atoms with van der Waals surface area (Å²) < 4.78 is 0. The highest BCUT2D eigenvalue weighted by Crippen LogP contribution is 2.39. The molecule has 1 saturated carbocycles. The third-order valence-corrected chi connectivity index (χ3v) is 5.76. The zero-order valence-electron chi connectivity index (χ0n) is 15.4. The van der Waals surface area contributed by atoms with Crippen LogP contribution < -0.4 is 5.32 Å². The quantitative estimate of drug-likeness (QED) is 0.587. The Labute approximate surface area is 134 Å². The molecule has 2 atom stereocenters. The molecule has 126 valence electrons. The van der Waals surface area contributed by atoms with Crippen LogP contribution in [0.1, 0.15) is 85.0 Å². The van der Waals surface area contributed by atoms with Gasteiger partial charge in [0.1, 0.15) is 0 Å². The molecule has 0 spiro atoms. The first kappa shape index (κ1) is 19.0. The normalized spacial score (nSPS) is 20.9. The van der Waals surface area contributed by atoms with Crippen LogP contribution in [0.2, 0.25) is 0 Å². The number of likely N-dealkylation sites (N-methyl/N-ethyl adjacent to an activating group) is 1. The van der Waals surface area contributed by atoms with Gasteiger partial charge in [0, 0.05) is 11.6 Å². The fourth-order valence-electron chi connectivity index (χ4n) is 4.22. The van der Waals surface area contributed by atoms with Crippen LogP contribution in [0.4, 0.5) is 0 Å². The van der Waals surface area contributed by atoms with E-state index in [2.05, 4.69) is 45.1 Å². The van der Waals surface area contributed by atoms with Gasteiger partial charge in [-0.05, 0) is 52.2 Å². The zero-order valence-corrected chi connectivity index (χ0v) is 15.4. The minimum absolute atomic E-state index is 0.412. The van der Waals surface area contributed by atoms with Gasteiger partial charge in [-0.15, -0.1) is 0 Å². The van der Waals surface area contributed by atoms with E-state index in [4.69, 9.17) is 0 Å². The Balaban J connectivity index is 2.77. The lowest BCUT2D eigenvalue weighted by molar-refractivity contribution is 0.0889. The van der Waals surface area contributed by atoms with Crippen LogP contribution >= 0.6 is 0 Å². The van der Waals surface area contributed by atoms with E-state index >= 15 is 0 Å². The van der Waals surface area contributed by atoms with Crippen molar-refractivity contribution in [2.24, 2.45) is 5.92 Å². The van der Waals surface area contributed by atoms with Crippen molar-refractivity contribution in [3.8, 4) is 0 Å². The number of rotatable bonds is 11. The molecule has 2 heteroatoms. The molecule has 1 N–H and O–H groups in total. The summed E-state index contributed by atoms with van der Waals surface area (Å²) in [7, 11) is 4.61. The molecule has 0 aromatic carbocycles. The van der Waals surface area contributed by atoms with E-state index in [1.807, 2.05) is 0 Å². The summed E-state index contributed by atoms with van der Waals surface area (Å²) in [5.74, 6) is 0.900. The van der Waals surface area contributed by atoms with Gasteiger partial charge in [0.15, 0.2) is 0 Å². The van der Waals surface area contributed by atoms with Crippen molar-refractivity contribution in [2.45, 2.75) is 96.6 Å². The molecule has 0 heterocycles. The highest BCUT2D eigenvalue weighted by molar-refractivity contribution is 5.02. The van der Waals surface area contributed by atoms with Crippen LogP contribution in [0.5, 0.6) is 0 Å². The highest BCUT2D eigenvalue weighted by atomic mass is 15.2. The Hall–Kier alpha value is -0.0800. The van der Waals surface area contributed by atoms with Gasteiger partial charge < -0.3 is 10.2 Å². The summed E-state index contributed by atoms with van der Waals surface area (Å²) in [6, 6.07) is 0.678. The van der Waals surface area contributed by atoms with Crippen LogP contribution in [-0.4, -0.2) is 37.1 Å². The Morgan fingerprint density at radius 2 is 1.71 bits per heavy atom. The molecule has 0 aromatic rings. The molecular formula is C19H40N2. The maximum Gasteiger partial charge on any atom is 0.0356 e. The van der Waals surface area contributed by atoms with Gasteiger partial charge in [-0.2, -0.15) is 0 Å². The van der Waals surface area contributed by atoms with E-state index in [0.717, 1.165) is 5.92 Å². The van der Waals surface area contributed by atoms with Gasteiger partial charge in [0.25, 0.3) is 0 Å². The van der Waals surface area contributed by atoms with E-state index in [1.165, 1.54) is 70.8 Å². The number of nitrogens with zero attached hydrogens (tertiary/aromatic N) is 1. The molecule has 1 fully saturated rings. The van der Waals surface area contributed by atoms with Gasteiger partial charge in [0.05, 0.1) is 0 Å². The minimum atomic E-state index is 0.412. The summed E-state index contributed by atoms with van der Waals surface area (Å²) in [4.78, 5) is 2.54. The monoisotopic (exact) mass is 296 g/mol. The second-order valence-corrected chi connectivity index (χ2v) is 7.36. The van der Waals surface area contributed by atoms with Gasteiger partial charge >= 0.3 is 0 Å². The maximum atomic E-state index is 3.93. The van der Waals surface area contributed by atoms with Crippen LogP contribution in [0.15, 0.2) is 0 Å². The molecule has 1 aliphatic carbocycles. The van der Waals surface area contributed by atoms with Gasteiger partial charge in [-0.3, -0.25) is 0 Å². The SMILES string of the molecule is CCCCC(CC)CC(NCCC)C1(N(C)C)CCCC1. The molecule has 1 aliphatic rings. The summed E-state index contributed by atoms with van der Waals surface area (Å²) >= 11 is 0. The summed E-state index contributed by atoms with van der Waals surface area (Å²) in [5, 5.41) is 3.93. The molecule has 0 bridgehead atoms. The van der Waals surface area contributed by atoms with Crippen LogP contribution in [0.25, 0.3) is 0 Å². The van der Waals surface area contributed by atoms with Crippen molar-refractivity contribution < 1.29 is 0 Å². The molecule has 0 aliphatic heterocycles. The second kappa shape index (κ2) is 9.84. The van der Waals surface area contributed by atoms with Crippen molar-refractivity contribution in [3.05, 3.63) is 0 Å². The van der Waals surface area contributed by atoms with Crippen LogP contribution in [-0.2, 0) is 0 Å². The minimum Gasteiger partial charge on any atom is -0.312 e. The van der Waals surface area contributed by atoms with Crippen molar-refractivity contribution in [3.63, 3.8) is 0 Å². The first-order valence-corrected chi connectivity index (χ1v) is 9.51. The molecule has 0 radical (unpaired) electrons. The van der Waals surface area contributed by atoms with Crippen LogP contribution in [0, 0.1) is 5.92 Å². The average molecular weight is 297 g/mol. The molecule has 2 unspecified atom stereocenters. The standard InChI is InChI=1S/C19H40N2/c1-6-9-12-17(8-3)16-18(20-15-7-2)19(21(4)5)13-10-11-14-19/h17-18,20H,6-16H2,1-5H3. The third kappa shape index (κ3) is 5.25. The third-order valence-electron chi connectivity index (χ3n) is 5.76. The maximum absolute atomic E-state index is 3.93. The Morgan fingerprint density at radius 1 is 1.05 bits per heavy atom. The lowest BCUT2D eigenvalue weighted by Gasteiger charge is -2.45. The smallest absolute Gasteiger partial charge is 0.0356 e. The second-order valence-electron chi connectivity index (χ2n) is 7.36.